The van der Waals surface area contributed by atoms with Crippen molar-refractivity contribution in [1.82, 2.24) is 5.32 Å². The predicted molar refractivity (Wildman–Crippen MR) is 77.1 cm³/mol. The molecule has 104 valence electrons. The van der Waals surface area contributed by atoms with Gasteiger partial charge in [0.15, 0.2) is 0 Å². The fourth-order valence-electron chi connectivity index (χ4n) is 2.04. The van der Waals surface area contributed by atoms with Crippen LogP contribution in [0.3, 0.4) is 0 Å². The van der Waals surface area contributed by atoms with E-state index in [1.165, 1.54) is 0 Å². The topological polar surface area (TPSA) is 50.4 Å². The molecule has 1 fully saturated rings. The summed E-state index contributed by atoms with van der Waals surface area (Å²) in [6, 6.07) is 4.65. The minimum absolute atomic E-state index is 0.0229. The molecule has 2 rings (SSSR count). The molecule has 0 aliphatic carbocycles. The van der Waals surface area contributed by atoms with E-state index in [0.29, 0.717) is 15.7 Å². The van der Waals surface area contributed by atoms with E-state index in [9.17, 15) is 4.79 Å². The highest BCUT2D eigenvalue weighted by molar-refractivity contribution is 6.42. The minimum atomic E-state index is -0.276. The molecule has 6 heteroatoms. The number of ether oxygens (including phenoxy) is 1. The molecular weight excluding hydrogens is 287 g/mol. The first-order chi connectivity index (χ1) is 9.06. The molecule has 2 N–H and O–H groups in total. The van der Waals surface area contributed by atoms with Crippen LogP contribution in [0.5, 0.6) is 0 Å². The van der Waals surface area contributed by atoms with Crippen molar-refractivity contribution in [3.63, 3.8) is 0 Å². The van der Waals surface area contributed by atoms with E-state index < -0.39 is 0 Å². The lowest BCUT2D eigenvalue weighted by atomic mass is 10.1. The van der Waals surface area contributed by atoms with Crippen LogP contribution >= 0.6 is 23.2 Å². The fraction of sp³-hybridized carbons (Fsp3) is 0.462. The Kier molecular flexibility index (Phi) is 4.91. The number of hydrogen-bond acceptors (Lipinski definition) is 2. The van der Waals surface area contributed by atoms with Crippen molar-refractivity contribution >= 4 is 34.9 Å². The van der Waals surface area contributed by atoms with Crippen molar-refractivity contribution in [3.8, 4) is 0 Å². The summed E-state index contributed by atoms with van der Waals surface area (Å²) in [5.41, 5.74) is 0.603. The maximum Gasteiger partial charge on any atom is 0.319 e. The number of amides is 2. The molecule has 1 saturated heterocycles. The number of benzene rings is 1. The summed E-state index contributed by atoms with van der Waals surface area (Å²) in [4.78, 5) is 11.8. The van der Waals surface area contributed by atoms with Crippen LogP contribution in [0.2, 0.25) is 10.0 Å². The van der Waals surface area contributed by atoms with Gasteiger partial charge in [-0.1, -0.05) is 23.2 Å². The van der Waals surface area contributed by atoms with E-state index in [2.05, 4.69) is 10.6 Å². The van der Waals surface area contributed by atoms with E-state index in [0.717, 1.165) is 19.4 Å². The molecule has 0 unspecified atom stereocenters. The first-order valence-electron chi connectivity index (χ1n) is 6.20. The van der Waals surface area contributed by atoms with Gasteiger partial charge in [-0.05, 0) is 38.0 Å². The number of hydrogen-bond donors (Lipinski definition) is 2. The molecule has 0 aromatic heterocycles. The van der Waals surface area contributed by atoms with Gasteiger partial charge in [-0.2, -0.15) is 0 Å². The Labute approximate surface area is 122 Å². The Morgan fingerprint density at radius 1 is 1.42 bits per heavy atom. The van der Waals surface area contributed by atoms with Gasteiger partial charge in [0.2, 0.25) is 0 Å². The summed E-state index contributed by atoms with van der Waals surface area (Å²) in [6.45, 7) is 2.70. The Morgan fingerprint density at radius 2 is 2.21 bits per heavy atom. The van der Waals surface area contributed by atoms with Gasteiger partial charge in [0.1, 0.15) is 0 Å². The Morgan fingerprint density at radius 3 is 2.84 bits per heavy atom. The Hall–Kier alpha value is -0.970. The molecule has 2 atom stereocenters. The SMILES string of the molecule is C[C@@H](NC(=O)Nc1ccc(Cl)c(Cl)c1)[C@@H]1CCCO1. The molecular formula is C13H16Cl2N2O2. The molecule has 1 aromatic carbocycles. The second kappa shape index (κ2) is 6.46. The molecule has 0 bridgehead atoms. The molecule has 2 amide bonds. The predicted octanol–water partition coefficient (Wildman–Crippen LogP) is 3.68. The highest BCUT2D eigenvalue weighted by Crippen LogP contribution is 2.25. The summed E-state index contributed by atoms with van der Waals surface area (Å²) in [6.07, 6.45) is 2.12. The van der Waals surface area contributed by atoms with Gasteiger partial charge < -0.3 is 15.4 Å². The zero-order chi connectivity index (χ0) is 13.8. The molecule has 0 radical (unpaired) electrons. The number of carbonyl (C=O) groups excluding carboxylic acids is 1. The van der Waals surface area contributed by atoms with Crippen molar-refractivity contribution in [2.75, 3.05) is 11.9 Å². The van der Waals surface area contributed by atoms with Gasteiger partial charge in [0.05, 0.1) is 22.2 Å². The van der Waals surface area contributed by atoms with Crippen molar-refractivity contribution < 1.29 is 9.53 Å². The van der Waals surface area contributed by atoms with E-state index in [-0.39, 0.29) is 18.2 Å². The molecule has 1 aliphatic heterocycles. The number of halogens is 2. The van der Waals surface area contributed by atoms with E-state index in [4.69, 9.17) is 27.9 Å². The summed E-state index contributed by atoms with van der Waals surface area (Å²) in [7, 11) is 0. The van der Waals surface area contributed by atoms with Crippen LogP contribution in [-0.2, 0) is 4.74 Å². The second-order valence-corrected chi connectivity index (χ2v) is 5.38. The molecule has 1 aliphatic rings. The van der Waals surface area contributed by atoms with Crippen LogP contribution in [-0.4, -0.2) is 24.8 Å². The smallest absolute Gasteiger partial charge is 0.319 e. The molecule has 0 spiro atoms. The van der Waals surface area contributed by atoms with Gasteiger partial charge in [0.25, 0.3) is 0 Å². The molecule has 19 heavy (non-hydrogen) atoms. The maximum atomic E-state index is 11.8. The van der Waals surface area contributed by atoms with Crippen LogP contribution < -0.4 is 10.6 Å². The van der Waals surface area contributed by atoms with E-state index in [1.807, 2.05) is 6.92 Å². The zero-order valence-electron chi connectivity index (χ0n) is 10.6. The lowest BCUT2D eigenvalue weighted by Gasteiger charge is -2.20. The standard InChI is InChI=1S/C13H16Cl2N2O2/c1-8(12-3-2-6-19-12)16-13(18)17-9-4-5-10(14)11(15)7-9/h4-5,7-8,12H,2-3,6H2,1H3,(H2,16,17,18)/t8-,12+/m1/s1. The van der Waals surface area contributed by atoms with Crippen molar-refractivity contribution in [2.45, 2.75) is 31.9 Å². The normalized spacial score (nSPS) is 20.1. The molecule has 4 nitrogen and oxygen atoms in total. The van der Waals surface area contributed by atoms with Crippen molar-refractivity contribution in [1.29, 1.82) is 0 Å². The minimum Gasteiger partial charge on any atom is -0.376 e. The Balaban J connectivity index is 1.88. The summed E-state index contributed by atoms with van der Waals surface area (Å²) in [5.74, 6) is 0. The number of nitrogens with one attached hydrogen (secondary N) is 2. The van der Waals surface area contributed by atoms with Crippen LogP contribution in [0, 0.1) is 0 Å². The molecule has 1 aromatic rings. The first-order valence-corrected chi connectivity index (χ1v) is 6.96. The Bertz CT molecular complexity index is 462. The van der Waals surface area contributed by atoms with Gasteiger partial charge in [-0.3, -0.25) is 0 Å². The summed E-state index contributed by atoms with van der Waals surface area (Å²) < 4.78 is 5.52. The molecule has 0 saturated carbocycles. The average molecular weight is 303 g/mol. The summed E-state index contributed by atoms with van der Waals surface area (Å²) in [5, 5.41) is 6.44. The van der Waals surface area contributed by atoms with E-state index in [1.54, 1.807) is 18.2 Å². The van der Waals surface area contributed by atoms with Crippen LogP contribution in [0.15, 0.2) is 18.2 Å². The average Bonchev–Trinajstić information content (AvgIpc) is 2.87. The van der Waals surface area contributed by atoms with Crippen LogP contribution in [0.1, 0.15) is 19.8 Å². The lowest BCUT2D eigenvalue weighted by Crippen LogP contribution is -2.42. The quantitative estimate of drug-likeness (QED) is 0.895. The van der Waals surface area contributed by atoms with Crippen molar-refractivity contribution in [2.24, 2.45) is 0 Å². The highest BCUT2D eigenvalue weighted by atomic mass is 35.5. The third-order valence-electron chi connectivity index (χ3n) is 3.06. The van der Waals surface area contributed by atoms with E-state index >= 15 is 0 Å². The third kappa shape index (κ3) is 4.00. The van der Waals surface area contributed by atoms with Crippen molar-refractivity contribution in [3.05, 3.63) is 28.2 Å². The van der Waals surface area contributed by atoms with Crippen LogP contribution in [0.4, 0.5) is 10.5 Å². The largest absolute Gasteiger partial charge is 0.376 e. The number of anilines is 1. The number of urea groups is 1. The van der Waals surface area contributed by atoms with Gasteiger partial charge in [0, 0.05) is 12.3 Å². The summed E-state index contributed by atoms with van der Waals surface area (Å²) >= 11 is 11.7. The van der Waals surface area contributed by atoms with Gasteiger partial charge in [-0.25, -0.2) is 4.79 Å². The third-order valence-corrected chi connectivity index (χ3v) is 3.80. The number of carbonyl (C=O) groups is 1. The zero-order valence-corrected chi connectivity index (χ0v) is 12.1. The fourth-order valence-corrected chi connectivity index (χ4v) is 2.34. The lowest BCUT2D eigenvalue weighted by molar-refractivity contribution is 0.0868. The van der Waals surface area contributed by atoms with Gasteiger partial charge in [-0.15, -0.1) is 0 Å². The van der Waals surface area contributed by atoms with Gasteiger partial charge >= 0.3 is 6.03 Å². The second-order valence-electron chi connectivity index (χ2n) is 4.57. The van der Waals surface area contributed by atoms with Crippen LogP contribution in [0.25, 0.3) is 0 Å². The maximum absolute atomic E-state index is 11.8. The first kappa shape index (κ1) is 14.4. The monoisotopic (exact) mass is 302 g/mol. The highest BCUT2D eigenvalue weighted by Gasteiger charge is 2.23. The number of rotatable bonds is 3. The molecule has 1 heterocycles.